The Morgan fingerprint density at radius 2 is 1.75 bits per heavy atom. The number of rotatable bonds is 0. The van der Waals surface area contributed by atoms with Crippen molar-refractivity contribution < 1.29 is 9.90 Å². The second-order valence-electron chi connectivity index (χ2n) is 0.105. The third kappa shape index (κ3) is 12.4. The second-order valence-corrected chi connectivity index (χ2v) is 0.105. The second kappa shape index (κ2) is 9.04. The molecule has 0 fully saturated rings. The van der Waals surface area contributed by atoms with Crippen LogP contribution in [-0.2, 0) is 4.79 Å². The molecule has 0 aliphatic rings. The quantitative estimate of drug-likeness (QED) is 0.334. The van der Waals surface area contributed by atoms with Gasteiger partial charge in [-0.1, -0.05) is 0 Å². The summed E-state index contributed by atoms with van der Waals surface area (Å²) in [5, 5.41) is 6.89. The molecule has 0 unspecified atom stereocenters. The maximum absolute atomic E-state index is 8.36. The molecule has 0 aromatic heterocycles. The van der Waals surface area contributed by atoms with E-state index in [4.69, 9.17) is 9.90 Å². The van der Waals surface area contributed by atoms with Crippen LogP contribution >= 0.6 is 0 Å². The minimum atomic E-state index is -0.250. The van der Waals surface area contributed by atoms with Crippen LogP contribution in [0.25, 0.3) is 0 Å². The summed E-state index contributed by atoms with van der Waals surface area (Å²) >= 11 is 0. The first-order valence-electron chi connectivity index (χ1n) is 0.494. The molecule has 0 radical (unpaired) electrons. The summed E-state index contributed by atoms with van der Waals surface area (Å²) in [5.74, 6) is 0. The molecule has 1 N–H and O–H groups in total. The minimum absolute atomic E-state index is 0. The van der Waals surface area contributed by atoms with Crippen LogP contribution in [0, 0.1) is 0 Å². The van der Waals surface area contributed by atoms with Gasteiger partial charge in [0.2, 0.25) is 0 Å². The summed E-state index contributed by atoms with van der Waals surface area (Å²) in [5.41, 5.74) is 0. The number of hydrogen-bond acceptors (Lipinski definition) is 1. The van der Waals surface area contributed by atoms with Crippen LogP contribution in [0.1, 0.15) is 0 Å². The molecule has 2 nitrogen and oxygen atoms in total. The van der Waals surface area contributed by atoms with Gasteiger partial charge in [0.1, 0.15) is 0 Å². The molecule has 0 saturated heterocycles. The average molecular weight is 136 g/mol. The van der Waals surface area contributed by atoms with Crippen molar-refractivity contribution >= 4 is 52.0 Å². The molecule has 0 aromatic carbocycles. The van der Waals surface area contributed by atoms with Crippen molar-refractivity contribution in [3.8, 4) is 0 Å². The predicted molar refractivity (Wildman–Crippen MR) is 17.2 cm³/mol. The first kappa shape index (κ1) is 8.87. The van der Waals surface area contributed by atoms with Gasteiger partial charge in [0.15, 0.2) is 0 Å². The van der Waals surface area contributed by atoms with Gasteiger partial charge in [-0.05, 0) is 0 Å². The summed E-state index contributed by atoms with van der Waals surface area (Å²) in [6, 6.07) is 0. The molecule has 0 aliphatic heterocycles. The molecule has 3 heteroatoms. The first-order valence-corrected chi connectivity index (χ1v) is 0.494. The molecule has 0 heterocycles. The van der Waals surface area contributed by atoms with E-state index in [2.05, 4.69) is 0 Å². The number of hydrogen-bond donors (Lipinski definition) is 1. The van der Waals surface area contributed by atoms with Crippen LogP contribution in [0.5, 0.6) is 0 Å². The van der Waals surface area contributed by atoms with Gasteiger partial charge in [0, 0.05) is 0 Å². The van der Waals surface area contributed by atoms with Gasteiger partial charge in [-0.3, -0.25) is 4.79 Å². The van der Waals surface area contributed by atoms with Crippen LogP contribution in [-0.4, -0.2) is 57.1 Å². The zero-order chi connectivity index (χ0) is 2.71. The zero-order valence-electron chi connectivity index (χ0n) is 1.43. The van der Waals surface area contributed by atoms with Crippen molar-refractivity contribution in [2.45, 2.75) is 0 Å². The van der Waals surface area contributed by atoms with Gasteiger partial charge in [-0.15, -0.1) is 0 Å². The van der Waals surface area contributed by atoms with Crippen molar-refractivity contribution in [2.24, 2.45) is 0 Å². The number of carboxylic acid groups (broad SMARTS) is 1. The molecule has 0 rings (SSSR count). The van der Waals surface area contributed by atoms with Crippen LogP contribution in [0.15, 0.2) is 0 Å². The molecule has 0 bridgehead atoms. The van der Waals surface area contributed by atoms with E-state index in [1.54, 1.807) is 0 Å². The van der Waals surface area contributed by atoms with E-state index >= 15 is 0 Å². The van der Waals surface area contributed by atoms with Gasteiger partial charge in [0.25, 0.3) is 6.47 Å². The third-order valence-electron chi connectivity index (χ3n) is 0. The van der Waals surface area contributed by atoms with Gasteiger partial charge in [-0.25, -0.2) is 0 Å². The van der Waals surface area contributed by atoms with E-state index in [9.17, 15) is 0 Å². The molecule has 4 heavy (non-hydrogen) atoms. The van der Waals surface area contributed by atoms with Crippen LogP contribution in [0.4, 0.5) is 0 Å². The summed E-state index contributed by atoms with van der Waals surface area (Å²) in [7, 11) is 0. The van der Waals surface area contributed by atoms with E-state index in [-0.39, 0.29) is 52.0 Å². The Morgan fingerprint density at radius 3 is 1.75 bits per heavy atom. The molecular formula is CH4O2Sr. The molecule has 0 aromatic rings. The van der Waals surface area contributed by atoms with Crippen molar-refractivity contribution in [3.63, 3.8) is 0 Å². The molecule has 22 valence electrons. The van der Waals surface area contributed by atoms with Gasteiger partial charge in [0.05, 0.1) is 0 Å². The molecule has 0 saturated carbocycles. The van der Waals surface area contributed by atoms with Crippen molar-refractivity contribution in [2.75, 3.05) is 0 Å². The van der Waals surface area contributed by atoms with E-state index in [0.717, 1.165) is 0 Å². The van der Waals surface area contributed by atoms with Crippen LogP contribution in [0.2, 0.25) is 0 Å². The van der Waals surface area contributed by atoms with E-state index in [1.165, 1.54) is 0 Å². The predicted octanol–water partition coefficient (Wildman–Crippen LogP) is -1.22. The molecular weight excluding hydrogens is 132 g/mol. The Labute approximate surface area is 61.1 Å². The molecule has 0 spiro atoms. The first-order chi connectivity index (χ1) is 1.41. The van der Waals surface area contributed by atoms with Crippen molar-refractivity contribution in [1.82, 2.24) is 0 Å². The summed E-state index contributed by atoms with van der Waals surface area (Å²) in [6.45, 7) is -0.250. The Kier molecular flexibility index (Phi) is 20.1. The Bertz CT molecular complexity index is 13.5. The summed E-state index contributed by atoms with van der Waals surface area (Å²) < 4.78 is 0. The van der Waals surface area contributed by atoms with Gasteiger partial charge in [-0.2, -0.15) is 0 Å². The van der Waals surface area contributed by atoms with Gasteiger partial charge < -0.3 is 5.11 Å². The normalized spacial score (nSPS) is 3.00. The van der Waals surface area contributed by atoms with E-state index in [0.29, 0.717) is 0 Å². The van der Waals surface area contributed by atoms with Gasteiger partial charge >= 0.3 is 45.5 Å². The van der Waals surface area contributed by atoms with E-state index < -0.39 is 0 Å². The molecule has 0 atom stereocenters. The standard InChI is InChI=1S/CH2O2.Sr.2H/c2-1-3;;;/h1H,(H,2,3);;;. The third-order valence-corrected chi connectivity index (χ3v) is 0. The fraction of sp³-hybridized carbons (Fsp3) is 0. The summed E-state index contributed by atoms with van der Waals surface area (Å²) in [4.78, 5) is 8.36. The fourth-order valence-electron chi connectivity index (χ4n) is 0. The van der Waals surface area contributed by atoms with Crippen LogP contribution < -0.4 is 0 Å². The SMILES string of the molecule is O=CO.[SrH2]. The Morgan fingerprint density at radius 1 is 1.75 bits per heavy atom. The van der Waals surface area contributed by atoms with Crippen molar-refractivity contribution in [3.05, 3.63) is 0 Å². The maximum atomic E-state index is 8.36. The Balaban J connectivity index is 0. The molecule has 0 aliphatic carbocycles. The summed E-state index contributed by atoms with van der Waals surface area (Å²) in [6.07, 6.45) is 0. The van der Waals surface area contributed by atoms with Crippen LogP contribution in [0.3, 0.4) is 0 Å². The fourth-order valence-corrected chi connectivity index (χ4v) is 0. The topological polar surface area (TPSA) is 37.3 Å². The Hall–Kier alpha value is 0.951. The monoisotopic (exact) mass is 136 g/mol. The number of carbonyl (C=O) groups is 1. The van der Waals surface area contributed by atoms with E-state index in [1.807, 2.05) is 0 Å². The zero-order valence-corrected chi connectivity index (χ0v) is 1.43. The van der Waals surface area contributed by atoms with Crippen molar-refractivity contribution in [1.29, 1.82) is 0 Å². The average Bonchev–Trinajstić information content (AvgIpc) is 0.918. The molecule has 0 amide bonds.